The molecule has 0 aliphatic heterocycles. The highest BCUT2D eigenvalue weighted by Crippen LogP contribution is 2.63. The van der Waals surface area contributed by atoms with E-state index in [9.17, 15) is 0 Å². The summed E-state index contributed by atoms with van der Waals surface area (Å²) in [6, 6.07) is 47.3. The molecule has 6 aromatic carbocycles. The molecule has 0 N–H and O–H groups in total. The zero-order valence-corrected chi connectivity index (χ0v) is 34.3. The van der Waals surface area contributed by atoms with Gasteiger partial charge in [0.15, 0.2) is 0 Å². The van der Waals surface area contributed by atoms with Crippen LogP contribution in [0.15, 0.2) is 145 Å². The van der Waals surface area contributed by atoms with Gasteiger partial charge in [0.2, 0.25) is 0 Å². The van der Waals surface area contributed by atoms with Crippen molar-refractivity contribution >= 4 is 32.2 Å². The van der Waals surface area contributed by atoms with Crippen molar-refractivity contribution in [3.05, 3.63) is 179 Å². The smallest absolute Gasteiger partial charge is 0.0529 e. The Morgan fingerprint density at radius 3 is 1.96 bits per heavy atom. The number of rotatable bonds is 3. The van der Waals surface area contributed by atoms with Gasteiger partial charge in [-0.2, -0.15) is 0 Å². The summed E-state index contributed by atoms with van der Waals surface area (Å²) in [5.41, 5.74) is 16.5. The number of hydrogen-bond donors (Lipinski definition) is 0. The van der Waals surface area contributed by atoms with E-state index in [1.54, 1.807) is 0 Å². The molecule has 2 atom stereocenters. The summed E-state index contributed by atoms with van der Waals surface area (Å²) in [6.45, 7) is 18.9. The fourth-order valence-corrected chi connectivity index (χ4v) is 11.5. The molecule has 0 amide bonds. The highest BCUT2D eigenvalue weighted by molar-refractivity contribution is 7.22. The van der Waals surface area contributed by atoms with E-state index >= 15 is 0 Å². The van der Waals surface area contributed by atoms with Crippen LogP contribution in [-0.4, -0.2) is 0 Å². The van der Waals surface area contributed by atoms with E-state index in [1.165, 1.54) is 92.5 Å². The van der Waals surface area contributed by atoms with Crippen molar-refractivity contribution in [2.75, 3.05) is 0 Å². The summed E-state index contributed by atoms with van der Waals surface area (Å²) < 4.78 is 1.33. The molecule has 0 nitrogen and oxygen atoms in total. The van der Waals surface area contributed by atoms with Crippen LogP contribution in [0, 0.1) is 11.3 Å². The molecule has 0 bridgehead atoms. The van der Waals surface area contributed by atoms with Crippen molar-refractivity contribution in [3.8, 4) is 32.7 Å². The number of thiophene rings is 1. The van der Waals surface area contributed by atoms with Gasteiger partial charge in [0.1, 0.15) is 0 Å². The lowest BCUT2D eigenvalue weighted by Gasteiger charge is -2.41. The highest BCUT2D eigenvalue weighted by Gasteiger charge is 2.52. The second-order valence-corrected chi connectivity index (χ2v) is 20.0. The molecule has 0 saturated carbocycles. The third-order valence-corrected chi connectivity index (χ3v) is 14.5. The summed E-state index contributed by atoms with van der Waals surface area (Å²) in [6.07, 6.45) is 8.56. The van der Waals surface area contributed by atoms with Crippen LogP contribution in [0.25, 0.3) is 53.6 Å². The summed E-state index contributed by atoms with van der Waals surface area (Å²) in [5, 5.41) is 3.99. The molecule has 0 fully saturated rings. The van der Waals surface area contributed by atoms with Crippen LogP contribution in [-0.2, 0) is 16.2 Å². The first-order chi connectivity index (χ1) is 26.3. The van der Waals surface area contributed by atoms with Crippen LogP contribution in [0.2, 0.25) is 0 Å². The second-order valence-electron chi connectivity index (χ2n) is 18.9. The average Bonchev–Trinajstić information content (AvgIpc) is 3.80. The van der Waals surface area contributed by atoms with Crippen molar-refractivity contribution < 1.29 is 0 Å². The third kappa shape index (κ3) is 4.95. The molecule has 55 heavy (non-hydrogen) atoms. The lowest BCUT2D eigenvalue weighted by Crippen LogP contribution is -2.36. The molecule has 0 spiro atoms. The first-order valence-corrected chi connectivity index (χ1v) is 20.9. The number of fused-ring (bicyclic) bond motifs is 9. The predicted octanol–water partition coefficient (Wildman–Crippen LogP) is 15.2. The molecule has 10 rings (SSSR count). The van der Waals surface area contributed by atoms with Crippen LogP contribution in [0.4, 0.5) is 0 Å². The quantitative estimate of drug-likeness (QED) is 0.170. The molecule has 1 heteroatoms. The van der Waals surface area contributed by atoms with Crippen LogP contribution >= 0.6 is 11.3 Å². The zero-order valence-electron chi connectivity index (χ0n) is 33.5. The van der Waals surface area contributed by atoms with Gasteiger partial charge in [-0.25, -0.2) is 0 Å². The summed E-state index contributed by atoms with van der Waals surface area (Å²) >= 11 is 1.92. The van der Waals surface area contributed by atoms with Gasteiger partial charge in [-0.05, 0) is 136 Å². The standard InChI is InChI=1S/C54H50S/c1-51(2,3)34-21-25-36(26-22-34)54(37-27-23-35(24-28-37)52(4,5)6)46-30-41-39-17-12-13-19-44(39)53(7,8)45(41)32-43(46)50-40-18-11-10-16-38(40)42(31-47(50)54)49-29-33-15-9-14-20-48(33)55-49/h9-27,29-32,37H,28H2,1-8H3. The van der Waals surface area contributed by atoms with Gasteiger partial charge >= 0.3 is 0 Å². The Balaban J connectivity index is 1.35. The van der Waals surface area contributed by atoms with E-state index in [0.29, 0.717) is 0 Å². The Morgan fingerprint density at radius 1 is 0.582 bits per heavy atom. The minimum Gasteiger partial charge on any atom is -0.135 e. The lowest BCUT2D eigenvalue weighted by molar-refractivity contribution is 0.442. The van der Waals surface area contributed by atoms with E-state index in [4.69, 9.17) is 0 Å². The minimum absolute atomic E-state index is 0.0624. The maximum atomic E-state index is 2.64. The average molecular weight is 731 g/mol. The fraction of sp³-hybridized carbons (Fsp3) is 0.259. The summed E-state index contributed by atoms with van der Waals surface area (Å²) in [5.74, 6) is 0.221. The van der Waals surface area contributed by atoms with Gasteiger partial charge in [0.05, 0.1) is 5.41 Å². The molecule has 2 unspecified atom stereocenters. The van der Waals surface area contributed by atoms with Crippen LogP contribution < -0.4 is 0 Å². The van der Waals surface area contributed by atoms with Gasteiger partial charge in [0.25, 0.3) is 0 Å². The van der Waals surface area contributed by atoms with Crippen LogP contribution in [0.5, 0.6) is 0 Å². The van der Waals surface area contributed by atoms with E-state index in [-0.39, 0.29) is 22.2 Å². The Labute approximate surface area is 331 Å². The second kappa shape index (κ2) is 11.8. The Kier molecular flexibility index (Phi) is 7.38. The molecule has 1 aromatic heterocycles. The normalized spacial score (nSPS) is 19.6. The number of benzene rings is 6. The molecule has 3 aliphatic rings. The molecular weight excluding hydrogens is 681 g/mol. The van der Waals surface area contributed by atoms with Crippen molar-refractivity contribution in [2.45, 2.75) is 78.1 Å². The predicted molar refractivity (Wildman–Crippen MR) is 238 cm³/mol. The highest BCUT2D eigenvalue weighted by atomic mass is 32.1. The maximum absolute atomic E-state index is 2.64. The van der Waals surface area contributed by atoms with Gasteiger partial charge in [-0.3, -0.25) is 0 Å². The van der Waals surface area contributed by atoms with E-state index in [0.717, 1.165) is 6.42 Å². The largest absolute Gasteiger partial charge is 0.135 e. The summed E-state index contributed by atoms with van der Waals surface area (Å²) in [4.78, 5) is 1.33. The molecule has 0 radical (unpaired) electrons. The number of allylic oxidation sites excluding steroid dienone is 4. The van der Waals surface area contributed by atoms with Crippen LogP contribution in [0.3, 0.4) is 0 Å². The van der Waals surface area contributed by atoms with Crippen molar-refractivity contribution in [3.63, 3.8) is 0 Å². The molecule has 7 aromatic rings. The zero-order chi connectivity index (χ0) is 38.1. The fourth-order valence-electron chi connectivity index (χ4n) is 10.4. The van der Waals surface area contributed by atoms with Gasteiger partial charge < -0.3 is 0 Å². The topological polar surface area (TPSA) is 0 Å². The first-order valence-electron chi connectivity index (χ1n) is 20.1. The third-order valence-electron chi connectivity index (χ3n) is 13.3. The first kappa shape index (κ1) is 34.5. The van der Waals surface area contributed by atoms with Gasteiger partial charge in [0, 0.05) is 15.0 Å². The van der Waals surface area contributed by atoms with Gasteiger partial charge in [-0.15, -0.1) is 11.3 Å². The molecule has 1 heterocycles. The maximum Gasteiger partial charge on any atom is 0.0529 e. The van der Waals surface area contributed by atoms with Crippen LogP contribution in [0.1, 0.15) is 95.2 Å². The molecule has 272 valence electrons. The van der Waals surface area contributed by atoms with Crippen molar-refractivity contribution in [1.29, 1.82) is 0 Å². The van der Waals surface area contributed by atoms with Crippen molar-refractivity contribution in [1.82, 2.24) is 0 Å². The SMILES string of the molecule is CC(C)(C)C1=CCC(C2(c3ccc(C(C)(C)C)cc3)c3cc4c(cc3-c3c2cc(-c2cc5ccccc5s2)c2ccccc32)C(C)(C)c2ccccc2-4)C=C1. The van der Waals surface area contributed by atoms with Crippen molar-refractivity contribution in [2.24, 2.45) is 11.3 Å². The van der Waals surface area contributed by atoms with E-state index in [2.05, 4.69) is 195 Å². The van der Waals surface area contributed by atoms with E-state index in [1.807, 2.05) is 11.3 Å². The van der Waals surface area contributed by atoms with E-state index < -0.39 is 5.41 Å². The minimum atomic E-state index is -0.413. The Hall–Kier alpha value is -4.98. The molecule has 3 aliphatic carbocycles. The Morgan fingerprint density at radius 2 is 1.25 bits per heavy atom. The summed E-state index contributed by atoms with van der Waals surface area (Å²) in [7, 11) is 0. The lowest BCUT2D eigenvalue weighted by atomic mass is 9.61. The Bertz CT molecular complexity index is 2730. The number of hydrogen-bond acceptors (Lipinski definition) is 1. The molecule has 0 saturated heterocycles. The molecular formula is C54H50S. The monoisotopic (exact) mass is 730 g/mol. The van der Waals surface area contributed by atoms with Gasteiger partial charge in [-0.1, -0.05) is 165 Å².